The van der Waals surface area contributed by atoms with Gasteiger partial charge >= 0.3 is 5.97 Å². The SMILES string of the molecule is CC1=C(NSc2ccc(-c3cccc(/C(=C\CCCC(=O)O)c4cccnc4)c3)cc2)C=CCC1. The first-order chi connectivity index (χ1) is 17.1. The molecule has 0 unspecified atom stereocenters. The van der Waals surface area contributed by atoms with Crippen molar-refractivity contribution in [3.8, 4) is 11.1 Å². The Morgan fingerprint density at radius 3 is 2.66 bits per heavy atom. The second-order valence-electron chi connectivity index (χ2n) is 8.59. The van der Waals surface area contributed by atoms with Crippen molar-refractivity contribution in [2.45, 2.75) is 43.9 Å². The molecule has 1 aromatic heterocycles. The van der Waals surface area contributed by atoms with Crippen LogP contribution in [0.15, 0.2) is 107 Å². The summed E-state index contributed by atoms with van der Waals surface area (Å²) in [4.78, 5) is 16.4. The standard InChI is InChI=1S/C30H30N2O2S/c1-22-8-2-4-13-29(22)32-35-27-17-15-23(16-18-27)24-9-6-10-25(20-24)28(12-3-5-14-30(33)34)26-11-7-19-31-21-26/h4,6-7,9-13,15-21,32H,2-3,5,8,14H2,1H3,(H,33,34)/b28-12+. The number of carboxylic acids is 1. The smallest absolute Gasteiger partial charge is 0.303 e. The number of nitrogens with one attached hydrogen (secondary N) is 1. The molecule has 178 valence electrons. The van der Waals surface area contributed by atoms with Crippen LogP contribution in [0.1, 0.15) is 50.2 Å². The van der Waals surface area contributed by atoms with Crippen molar-refractivity contribution in [3.63, 3.8) is 0 Å². The third-order valence-corrected chi connectivity index (χ3v) is 6.82. The van der Waals surface area contributed by atoms with Crippen LogP contribution in [0, 0.1) is 0 Å². The molecule has 0 saturated heterocycles. The first-order valence-electron chi connectivity index (χ1n) is 11.9. The summed E-state index contributed by atoms with van der Waals surface area (Å²) in [5.41, 5.74) is 8.09. The quantitative estimate of drug-likeness (QED) is 0.229. The predicted molar refractivity (Wildman–Crippen MR) is 145 cm³/mol. The van der Waals surface area contributed by atoms with Crippen LogP contribution < -0.4 is 4.72 Å². The molecule has 0 bridgehead atoms. The average Bonchev–Trinajstić information content (AvgIpc) is 2.89. The highest BCUT2D eigenvalue weighted by Gasteiger charge is 2.09. The maximum atomic E-state index is 10.9. The molecule has 0 amide bonds. The molecule has 3 aromatic rings. The molecule has 4 nitrogen and oxygen atoms in total. The van der Waals surface area contributed by atoms with Gasteiger partial charge in [0.05, 0.1) is 0 Å². The fourth-order valence-corrected chi connectivity index (χ4v) is 4.76. The van der Waals surface area contributed by atoms with Crippen LogP contribution in [0.3, 0.4) is 0 Å². The van der Waals surface area contributed by atoms with Gasteiger partial charge in [0.2, 0.25) is 0 Å². The lowest BCUT2D eigenvalue weighted by atomic mass is 9.94. The maximum absolute atomic E-state index is 10.9. The number of rotatable bonds is 10. The molecule has 0 atom stereocenters. The van der Waals surface area contributed by atoms with Crippen molar-refractivity contribution in [2.24, 2.45) is 0 Å². The molecule has 0 fully saturated rings. The van der Waals surface area contributed by atoms with Gasteiger partial charge in [0.15, 0.2) is 0 Å². The van der Waals surface area contributed by atoms with Crippen LogP contribution in [0.25, 0.3) is 16.7 Å². The Morgan fingerprint density at radius 1 is 1.09 bits per heavy atom. The minimum Gasteiger partial charge on any atom is -0.481 e. The van der Waals surface area contributed by atoms with Crippen molar-refractivity contribution in [1.82, 2.24) is 9.71 Å². The van der Waals surface area contributed by atoms with Gasteiger partial charge in [-0.1, -0.05) is 48.6 Å². The number of unbranched alkanes of at least 4 members (excludes halogenated alkanes) is 1. The summed E-state index contributed by atoms with van der Waals surface area (Å²) in [6, 6.07) is 21.0. The van der Waals surface area contributed by atoms with Crippen molar-refractivity contribution in [1.29, 1.82) is 0 Å². The largest absolute Gasteiger partial charge is 0.481 e. The Hall–Kier alpha value is -3.57. The van der Waals surface area contributed by atoms with E-state index in [1.807, 2.05) is 18.3 Å². The van der Waals surface area contributed by atoms with Crippen LogP contribution in [0.5, 0.6) is 0 Å². The monoisotopic (exact) mass is 482 g/mol. The lowest BCUT2D eigenvalue weighted by molar-refractivity contribution is -0.137. The van der Waals surface area contributed by atoms with Crippen molar-refractivity contribution < 1.29 is 9.90 Å². The second-order valence-corrected chi connectivity index (χ2v) is 9.47. The molecule has 2 N–H and O–H groups in total. The third kappa shape index (κ3) is 6.96. The summed E-state index contributed by atoms with van der Waals surface area (Å²) < 4.78 is 3.48. The minimum atomic E-state index is -0.762. The van der Waals surface area contributed by atoms with Gasteiger partial charge < -0.3 is 9.83 Å². The zero-order chi connectivity index (χ0) is 24.5. The number of allylic oxidation sites excluding steroid dienone is 4. The zero-order valence-corrected chi connectivity index (χ0v) is 20.7. The highest BCUT2D eigenvalue weighted by molar-refractivity contribution is 7.97. The van der Waals surface area contributed by atoms with Crippen LogP contribution in [0.4, 0.5) is 0 Å². The number of carbonyl (C=O) groups is 1. The summed E-state index contributed by atoms with van der Waals surface area (Å²) in [6.07, 6.45) is 13.8. The summed E-state index contributed by atoms with van der Waals surface area (Å²) >= 11 is 1.64. The molecule has 1 heterocycles. The average molecular weight is 483 g/mol. The minimum absolute atomic E-state index is 0.170. The van der Waals surface area contributed by atoms with Gasteiger partial charge in [-0.2, -0.15) is 0 Å². The molecular formula is C30H30N2O2S. The van der Waals surface area contributed by atoms with Crippen molar-refractivity contribution >= 4 is 23.5 Å². The number of aliphatic carboxylic acids is 1. The maximum Gasteiger partial charge on any atom is 0.303 e. The number of benzene rings is 2. The third-order valence-electron chi connectivity index (χ3n) is 5.99. The highest BCUT2D eigenvalue weighted by atomic mass is 32.2. The normalized spacial score (nSPS) is 13.7. The van der Waals surface area contributed by atoms with Gasteiger partial charge in [-0.05, 0) is 103 Å². The van der Waals surface area contributed by atoms with E-state index in [0.717, 1.165) is 40.7 Å². The van der Waals surface area contributed by atoms with Gasteiger partial charge in [0.1, 0.15) is 0 Å². The molecule has 35 heavy (non-hydrogen) atoms. The van der Waals surface area contributed by atoms with Crippen molar-refractivity contribution in [3.05, 3.63) is 114 Å². The van der Waals surface area contributed by atoms with E-state index in [0.29, 0.717) is 12.8 Å². The first kappa shape index (κ1) is 24.6. The molecule has 1 aliphatic rings. The van der Waals surface area contributed by atoms with E-state index in [9.17, 15) is 4.79 Å². The van der Waals surface area contributed by atoms with E-state index in [1.54, 1.807) is 18.1 Å². The van der Waals surface area contributed by atoms with Crippen LogP contribution in [0.2, 0.25) is 0 Å². The van der Waals surface area contributed by atoms with Crippen LogP contribution in [-0.2, 0) is 4.79 Å². The number of nitrogens with zero attached hydrogens (tertiary/aromatic N) is 1. The van der Waals surface area contributed by atoms with Gasteiger partial charge in [-0.3, -0.25) is 9.78 Å². The molecule has 0 spiro atoms. The molecule has 4 rings (SSSR count). The summed E-state index contributed by atoms with van der Waals surface area (Å²) in [5, 5.41) is 8.97. The predicted octanol–water partition coefficient (Wildman–Crippen LogP) is 7.66. The fourth-order valence-electron chi connectivity index (χ4n) is 4.02. The Balaban J connectivity index is 1.52. The van der Waals surface area contributed by atoms with Gasteiger partial charge in [0, 0.05) is 35.0 Å². The van der Waals surface area contributed by atoms with E-state index in [-0.39, 0.29) is 6.42 Å². The van der Waals surface area contributed by atoms with E-state index in [1.165, 1.54) is 16.2 Å². The summed E-state index contributed by atoms with van der Waals surface area (Å²) in [7, 11) is 0. The Bertz CT molecular complexity index is 1240. The number of hydrogen-bond acceptors (Lipinski definition) is 4. The van der Waals surface area contributed by atoms with E-state index in [2.05, 4.69) is 83.4 Å². The summed E-state index contributed by atoms with van der Waals surface area (Å²) in [6.45, 7) is 2.18. The van der Waals surface area contributed by atoms with E-state index < -0.39 is 5.97 Å². The number of hydrogen-bond donors (Lipinski definition) is 2. The highest BCUT2D eigenvalue weighted by Crippen LogP contribution is 2.30. The molecular weight excluding hydrogens is 452 g/mol. The first-order valence-corrected chi connectivity index (χ1v) is 12.7. The fraction of sp³-hybridized carbons (Fsp3) is 0.200. The molecule has 0 radical (unpaired) electrons. The van der Waals surface area contributed by atoms with Crippen LogP contribution in [-0.4, -0.2) is 16.1 Å². The number of pyridine rings is 1. The second kappa shape index (κ2) is 12.2. The van der Waals surface area contributed by atoms with Gasteiger partial charge in [0.25, 0.3) is 0 Å². The van der Waals surface area contributed by atoms with Crippen molar-refractivity contribution in [2.75, 3.05) is 0 Å². The van der Waals surface area contributed by atoms with Gasteiger partial charge in [-0.25, -0.2) is 0 Å². The number of carboxylic acid groups (broad SMARTS) is 1. The Morgan fingerprint density at radius 2 is 1.91 bits per heavy atom. The van der Waals surface area contributed by atoms with Crippen LogP contribution >= 0.6 is 11.9 Å². The number of aromatic nitrogens is 1. The molecule has 0 saturated carbocycles. The summed E-state index contributed by atoms with van der Waals surface area (Å²) in [5.74, 6) is -0.762. The zero-order valence-electron chi connectivity index (χ0n) is 19.9. The molecule has 0 aliphatic heterocycles. The Labute approximate surface area is 211 Å². The molecule has 5 heteroatoms. The van der Waals surface area contributed by atoms with E-state index >= 15 is 0 Å². The Kier molecular flexibility index (Phi) is 8.58. The lowest BCUT2D eigenvalue weighted by Gasteiger charge is -2.14. The molecule has 1 aliphatic carbocycles. The van der Waals surface area contributed by atoms with E-state index in [4.69, 9.17) is 5.11 Å². The topological polar surface area (TPSA) is 62.2 Å². The lowest BCUT2D eigenvalue weighted by Crippen LogP contribution is -2.06. The van der Waals surface area contributed by atoms with Gasteiger partial charge in [-0.15, -0.1) is 0 Å². The molecule has 2 aromatic carbocycles.